The maximum Gasteiger partial charge on any atom is 0.277 e. The number of likely N-dealkylation sites (tertiary alicyclic amines) is 1. The number of anilines is 1. The average molecular weight is 467 g/mol. The Morgan fingerprint density at radius 2 is 1.81 bits per heavy atom. The quantitative estimate of drug-likeness (QED) is 0.555. The first-order valence-corrected chi connectivity index (χ1v) is 12.8. The number of piperidine rings is 1. The molecule has 0 spiro atoms. The lowest BCUT2D eigenvalue weighted by Gasteiger charge is -2.31. The summed E-state index contributed by atoms with van der Waals surface area (Å²) in [6.45, 7) is 5.99. The van der Waals surface area contributed by atoms with Crippen molar-refractivity contribution in [3.63, 3.8) is 0 Å². The van der Waals surface area contributed by atoms with Gasteiger partial charge in [0.05, 0.1) is 15.7 Å². The van der Waals surface area contributed by atoms with Crippen molar-refractivity contribution in [3.8, 4) is 0 Å². The van der Waals surface area contributed by atoms with Crippen molar-refractivity contribution in [2.45, 2.75) is 45.4 Å². The van der Waals surface area contributed by atoms with Crippen LogP contribution in [0.2, 0.25) is 0 Å². The van der Waals surface area contributed by atoms with Crippen LogP contribution >= 0.6 is 22.7 Å². The van der Waals surface area contributed by atoms with E-state index in [9.17, 15) is 9.59 Å². The molecule has 2 aliphatic heterocycles. The first-order chi connectivity index (χ1) is 15.5. The molecule has 1 aromatic carbocycles. The zero-order valence-corrected chi connectivity index (χ0v) is 20.0. The van der Waals surface area contributed by atoms with E-state index in [1.165, 1.54) is 16.9 Å². The third-order valence-corrected chi connectivity index (χ3v) is 8.39. The molecule has 0 radical (unpaired) electrons. The van der Waals surface area contributed by atoms with Crippen LogP contribution in [0.1, 0.15) is 66.6 Å². The SMILES string of the molecule is Cc1nc(C)c(C(=O)N2CCC(c3nc(C(=O)N4CCCc5ccccc54)cs3)CC2)s1. The zero-order chi connectivity index (χ0) is 22.2. The van der Waals surface area contributed by atoms with Crippen LogP contribution in [0, 0.1) is 13.8 Å². The molecule has 8 heteroatoms. The Hall–Kier alpha value is -2.58. The van der Waals surface area contributed by atoms with Gasteiger partial charge in [-0.1, -0.05) is 18.2 Å². The molecule has 0 saturated carbocycles. The van der Waals surface area contributed by atoms with Crippen LogP contribution in [0.15, 0.2) is 29.6 Å². The Bertz CT molecular complexity index is 1160. The number of aryl methyl sites for hydroxylation is 3. The van der Waals surface area contributed by atoms with E-state index < -0.39 is 0 Å². The van der Waals surface area contributed by atoms with Crippen LogP contribution in [0.5, 0.6) is 0 Å². The van der Waals surface area contributed by atoms with Gasteiger partial charge in [-0.25, -0.2) is 9.97 Å². The minimum atomic E-state index is -0.0108. The fourth-order valence-corrected chi connectivity index (χ4v) is 6.51. The third-order valence-electron chi connectivity index (χ3n) is 6.33. The molecule has 0 bridgehead atoms. The number of benzene rings is 1. The lowest BCUT2D eigenvalue weighted by Crippen LogP contribution is -2.38. The Kier molecular flexibility index (Phi) is 5.82. The number of thiazole rings is 2. The van der Waals surface area contributed by atoms with Gasteiger partial charge in [0.2, 0.25) is 0 Å². The Labute approximate surface area is 195 Å². The van der Waals surface area contributed by atoms with Gasteiger partial charge in [0.25, 0.3) is 11.8 Å². The number of amides is 2. The van der Waals surface area contributed by atoms with Crippen LogP contribution in [0.4, 0.5) is 5.69 Å². The van der Waals surface area contributed by atoms with E-state index in [0.29, 0.717) is 24.7 Å². The molecule has 0 N–H and O–H groups in total. The number of fused-ring (bicyclic) bond motifs is 1. The van der Waals surface area contributed by atoms with Crippen molar-refractivity contribution in [3.05, 3.63) is 61.5 Å². The predicted molar refractivity (Wildman–Crippen MR) is 128 cm³/mol. The van der Waals surface area contributed by atoms with E-state index in [2.05, 4.69) is 11.1 Å². The van der Waals surface area contributed by atoms with Crippen molar-refractivity contribution in [2.24, 2.45) is 0 Å². The average Bonchev–Trinajstić information content (AvgIpc) is 3.44. The van der Waals surface area contributed by atoms with E-state index in [1.807, 2.05) is 47.2 Å². The second-order valence-electron chi connectivity index (χ2n) is 8.47. The Morgan fingerprint density at radius 1 is 1.03 bits per heavy atom. The highest BCUT2D eigenvalue weighted by Crippen LogP contribution is 2.33. The van der Waals surface area contributed by atoms with Crippen LogP contribution in [-0.2, 0) is 6.42 Å². The second kappa shape index (κ2) is 8.75. The highest BCUT2D eigenvalue weighted by molar-refractivity contribution is 7.13. The van der Waals surface area contributed by atoms with Gasteiger partial charge < -0.3 is 9.80 Å². The van der Waals surface area contributed by atoms with Crippen LogP contribution in [0.25, 0.3) is 0 Å². The molecule has 1 fully saturated rings. The molecule has 3 aromatic rings. The fourth-order valence-electron chi connectivity index (χ4n) is 4.66. The van der Waals surface area contributed by atoms with Crippen LogP contribution in [0.3, 0.4) is 0 Å². The van der Waals surface area contributed by atoms with Crippen molar-refractivity contribution < 1.29 is 9.59 Å². The van der Waals surface area contributed by atoms with Gasteiger partial charge in [-0.2, -0.15) is 0 Å². The van der Waals surface area contributed by atoms with Crippen LogP contribution < -0.4 is 4.90 Å². The number of hydrogen-bond acceptors (Lipinski definition) is 6. The molecule has 32 heavy (non-hydrogen) atoms. The van der Waals surface area contributed by atoms with Gasteiger partial charge in [-0.05, 0) is 51.2 Å². The number of hydrogen-bond donors (Lipinski definition) is 0. The van der Waals surface area contributed by atoms with Gasteiger partial charge in [0.1, 0.15) is 10.6 Å². The summed E-state index contributed by atoms with van der Waals surface area (Å²) in [5, 5.41) is 3.84. The molecule has 0 aliphatic carbocycles. The summed E-state index contributed by atoms with van der Waals surface area (Å²) in [5.41, 5.74) is 3.60. The smallest absolute Gasteiger partial charge is 0.277 e. The molecule has 5 rings (SSSR count). The molecule has 4 heterocycles. The Morgan fingerprint density at radius 3 is 2.56 bits per heavy atom. The maximum atomic E-state index is 13.2. The van der Waals surface area contributed by atoms with E-state index in [1.54, 1.807) is 11.3 Å². The normalized spacial score (nSPS) is 16.8. The topological polar surface area (TPSA) is 66.4 Å². The molecule has 166 valence electrons. The summed E-state index contributed by atoms with van der Waals surface area (Å²) in [4.78, 5) is 39.8. The van der Waals surface area contributed by atoms with Crippen molar-refractivity contribution in [1.29, 1.82) is 0 Å². The number of para-hydroxylation sites is 1. The standard InChI is InChI=1S/C24H26N4O2S2/c1-15-21(32-16(2)25-15)24(30)27-12-9-18(10-13-27)22-26-19(14-31-22)23(29)28-11-5-7-17-6-3-4-8-20(17)28/h3-4,6,8,14,18H,5,7,9-13H2,1-2H3. The first-order valence-electron chi connectivity index (χ1n) is 11.1. The van der Waals surface area contributed by atoms with Crippen molar-refractivity contribution >= 4 is 40.2 Å². The number of aromatic nitrogens is 2. The van der Waals surface area contributed by atoms with Gasteiger partial charge in [-0.3, -0.25) is 9.59 Å². The highest BCUT2D eigenvalue weighted by atomic mass is 32.1. The predicted octanol–water partition coefficient (Wildman–Crippen LogP) is 4.83. The first kappa shape index (κ1) is 21.3. The monoisotopic (exact) mass is 466 g/mol. The molecule has 6 nitrogen and oxygen atoms in total. The van der Waals surface area contributed by atoms with Gasteiger partial charge in [-0.15, -0.1) is 22.7 Å². The molecular weight excluding hydrogens is 440 g/mol. The fraction of sp³-hybridized carbons (Fsp3) is 0.417. The summed E-state index contributed by atoms with van der Waals surface area (Å²) in [6.07, 6.45) is 3.73. The molecule has 0 unspecified atom stereocenters. The molecule has 2 aliphatic rings. The van der Waals surface area contributed by atoms with E-state index >= 15 is 0 Å². The summed E-state index contributed by atoms with van der Waals surface area (Å²) in [7, 11) is 0. The van der Waals surface area contributed by atoms with E-state index in [4.69, 9.17) is 4.98 Å². The van der Waals surface area contributed by atoms with E-state index in [-0.39, 0.29) is 11.8 Å². The zero-order valence-electron chi connectivity index (χ0n) is 18.3. The molecular formula is C24H26N4O2S2. The molecule has 1 saturated heterocycles. The minimum absolute atomic E-state index is 0.0108. The lowest BCUT2D eigenvalue weighted by atomic mass is 9.97. The third kappa shape index (κ3) is 3.97. The summed E-state index contributed by atoms with van der Waals surface area (Å²) < 4.78 is 0. The lowest BCUT2D eigenvalue weighted by molar-refractivity contribution is 0.0717. The molecule has 0 atom stereocenters. The minimum Gasteiger partial charge on any atom is -0.338 e. The van der Waals surface area contributed by atoms with E-state index in [0.717, 1.165) is 58.5 Å². The summed E-state index contributed by atoms with van der Waals surface area (Å²) in [6, 6.07) is 8.15. The number of rotatable bonds is 3. The van der Waals surface area contributed by atoms with Gasteiger partial charge in [0.15, 0.2) is 0 Å². The van der Waals surface area contributed by atoms with Crippen molar-refractivity contribution in [1.82, 2.24) is 14.9 Å². The Balaban J connectivity index is 1.25. The number of carbonyl (C=O) groups excluding carboxylic acids is 2. The summed E-state index contributed by atoms with van der Waals surface area (Å²) >= 11 is 3.05. The van der Waals surface area contributed by atoms with Crippen LogP contribution in [-0.4, -0.2) is 46.3 Å². The van der Waals surface area contributed by atoms with Crippen molar-refractivity contribution in [2.75, 3.05) is 24.5 Å². The highest BCUT2D eigenvalue weighted by Gasteiger charge is 2.30. The maximum absolute atomic E-state index is 13.2. The molecule has 2 amide bonds. The number of carbonyl (C=O) groups is 2. The number of nitrogens with zero attached hydrogens (tertiary/aromatic N) is 4. The molecule has 2 aromatic heterocycles. The van der Waals surface area contributed by atoms with Gasteiger partial charge >= 0.3 is 0 Å². The van der Waals surface area contributed by atoms with Gasteiger partial charge in [0, 0.05) is 36.6 Å². The second-order valence-corrected chi connectivity index (χ2v) is 10.6. The summed E-state index contributed by atoms with van der Waals surface area (Å²) in [5.74, 6) is 0.372. The largest absolute Gasteiger partial charge is 0.338 e.